The van der Waals surface area contributed by atoms with E-state index >= 15 is 0 Å². The molecule has 2 unspecified atom stereocenters. The number of aryl methyl sites for hydroxylation is 1. The minimum atomic E-state index is -0.882. The van der Waals surface area contributed by atoms with Gasteiger partial charge in [0.2, 0.25) is 0 Å². The minimum Gasteiger partial charge on any atom is -0.479 e. The van der Waals surface area contributed by atoms with Gasteiger partial charge in [0.15, 0.2) is 11.9 Å². The summed E-state index contributed by atoms with van der Waals surface area (Å²) in [6, 6.07) is 0.446. The van der Waals surface area contributed by atoms with Crippen LogP contribution in [0.5, 0.6) is 0 Å². The number of nitrogens with zero attached hydrogens (tertiary/aromatic N) is 3. The average Bonchev–Trinajstić information content (AvgIpc) is 3.06. The number of aliphatic carboxylic acids is 1. The molecule has 1 aromatic heterocycles. The highest BCUT2D eigenvalue weighted by molar-refractivity contribution is 5.72. The van der Waals surface area contributed by atoms with E-state index in [4.69, 9.17) is 9.84 Å². The van der Waals surface area contributed by atoms with E-state index in [1.807, 2.05) is 6.92 Å². The molecule has 0 aromatic carbocycles. The van der Waals surface area contributed by atoms with E-state index in [1.54, 1.807) is 0 Å². The third-order valence-corrected chi connectivity index (χ3v) is 4.42. The molecule has 2 aliphatic rings. The van der Waals surface area contributed by atoms with Crippen LogP contribution in [0, 0.1) is 6.92 Å². The molecule has 2 heterocycles. The van der Waals surface area contributed by atoms with Gasteiger partial charge in [-0.3, -0.25) is 0 Å². The average molecular weight is 279 g/mol. The van der Waals surface area contributed by atoms with E-state index in [-0.39, 0.29) is 6.10 Å². The first kappa shape index (κ1) is 13.5. The molecule has 20 heavy (non-hydrogen) atoms. The summed E-state index contributed by atoms with van der Waals surface area (Å²) in [7, 11) is 0. The summed E-state index contributed by atoms with van der Waals surface area (Å²) < 4.78 is 7.82. The van der Waals surface area contributed by atoms with Crippen molar-refractivity contribution in [1.29, 1.82) is 0 Å². The molecule has 1 aromatic rings. The van der Waals surface area contributed by atoms with Gasteiger partial charge in [-0.25, -0.2) is 4.79 Å². The fourth-order valence-electron chi connectivity index (χ4n) is 3.40. The molecular formula is C14H21N3O3. The van der Waals surface area contributed by atoms with E-state index in [2.05, 4.69) is 14.8 Å². The van der Waals surface area contributed by atoms with Crippen LogP contribution < -0.4 is 0 Å². The van der Waals surface area contributed by atoms with Crippen LogP contribution in [0.2, 0.25) is 0 Å². The molecular weight excluding hydrogens is 258 g/mol. The van der Waals surface area contributed by atoms with Crippen LogP contribution in [0.4, 0.5) is 0 Å². The van der Waals surface area contributed by atoms with Crippen molar-refractivity contribution in [3.8, 4) is 0 Å². The van der Waals surface area contributed by atoms with Crippen molar-refractivity contribution in [1.82, 2.24) is 14.8 Å². The quantitative estimate of drug-likeness (QED) is 0.919. The summed E-state index contributed by atoms with van der Waals surface area (Å²) in [5.41, 5.74) is 0. The van der Waals surface area contributed by atoms with Crippen LogP contribution in [-0.2, 0) is 9.53 Å². The first-order chi connectivity index (χ1) is 9.66. The van der Waals surface area contributed by atoms with Gasteiger partial charge in [-0.1, -0.05) is 19.3 Å². The lowest BCUT2D eigenvalue weighted by Gasteiger charge is -2.26. The Morgan fingerprint density at radius 1 is 1.20 bits per heavy atom. The van der Waals surface area contributed by atoms with Crippen LogP contribution in [0.25, 0.3) is 0 Å². The van der Waals surface area contributed by atoms with Crippen molar-refractivity contribution in [2.75, 3.05) is 0 Å². The molecule has 1 saturated carbocycles. The zero-order chi connectivity index (χ0) is 14.1. The Kier molecular flexibility index (Phi) is 3.74. The van der Waals surface area contributed by atoms with Crippen LogP contribution in [-0.4, -0.2) is 31.9 Å². The van der Waals surface area contributed by atoms with E-state index in [9.17, 15) is 4.79 Å². The predicted molar refractivity (Wildman–Crippen MR) is 71.4 cm³/mol. The fourth-order valence-corrected chi connectivity index (χ4v) is 3.40. The second kappa shape index (κ2) is 5.52. The number of hydrogen-bond donors (Lipinski definition) is 1. The van der Waals surface area contributed by atoms with E-state index in [0.29, 0.717) is 18.9 Å². The number of carboxylic acid groups (broad SMARTS) is 1. The molecule has 0 radical (unpaired) electrons. The van der Waals surface area contributed by atoms with Crippen molar-refractivity contribution in [2.24, 2.45) is 0 Å². The van der Waals surface area contributed by atoms with Gasteiger partial charge >= 0.3 is 5.97 Å². The summed E-state index contributed by atoms with van der Waals surface area (Å²) in [5.74, 6) is 0.848. The lowest BCUT2D eigenvalue weighted by Crippen LogP contribution is -2.21. The molecule has 110 valence electrons. The minimum absolute atomic E-state index is 0.223. The van der Waals surface area contributed by atoms with Gasteiger partial charge in [-0.15, -0.1) is 10.2 Å². The number of aromatic nitrogens is 3. The lowest BCUT2D eigenvalue weighted by atomic mass is 9.95. The first-order valence-corrected chi connectivity index (χ1v) is 7.46. The molecule has 2 atom stereocenters. The number of hydrogen-bond acceptors (Lipinski definition) is 4. The number of ether oxygens (including phenoxy) is 1. The van der Waals surface area contributed by atoms with Crippen LogP contribution >= 0.6 is 0 Å². The maximum atomic E-state index is 11.0. The molecule has 6 nitrogen and oxygen atoms in total. The Balaban J connectivity index is 1.82. The number of rotatable bonds is 3. The highest BCUT2D eigenvalue weighted by atomic mass is 16.5. The van der Waals surface area contributed by atoms with Gasteiger partial charge in [0.05, 0.1) is 0 Å². The molecule has 1 saturated heterocycles. The molecule has 1 aliphatic heterocycles. The van der Waals surface area contributed by atoms with Crippen LogP contribution in [0.1, 0.15) is 68.7 Å². The van der Waals surface area contributed by atoms with Gasteiger partial charge < -0.3 is 14.4 Å². The predicted octanol–water partition coefficient (Wildman–Crippen LogP) is 2.40. The number of carbonyl (C=O) groups is 1. The maximum absolute atomic E-state index is 11.0. The summed E-state index contributed by atoms with van der Waals surface area (Å²) in [4.78, 5) is 11.0. The Morgan fingerprint density at radius 3 is 2.60 bits per heavy atom. The Labute approximate surface area is 118 Å². The lowest BCUT2D eigenvalue weighted by molar-refractivity contribution is -0.149. The standard InChI is InChI=1S/C14H21N3O3/c1-9-15-16-13(11-7-8-12(20-11)14(18)19)17(9)10-5-3-2-4-6-10/h10-12H,2-8H2,1H3,(H,18,19). The van der Waals surface area contributed by atoms with Gasteiger partial charge in [-0.05, 0) is 32.6 Å². The van der Waals surface area contributed by atoms with Gasteiger partial charge in [0, 0.05) is 6.04 Å². The Bertz CT molecular complexity index is 494. The molecule has 0 bridgehead atoms. The first-order valence-electron chi connectivity index (χ1n) is 7.46. The maximum Gasteiger partial charge on any atom is 0.332 e. The van der Waals surface area contributed by atoms with Gasteiger partial charge in [-0.2, -0.15) is 0 Å². The molecule has 6 heteroatoms. The second-order valence-corrected chi connectivity index (χ2v) is 5.80. The van der Waals surface area contributed by atoms with Gasteiger partial charge in [0.1, 0.15) is 11.9 Å². The van der Waals surface area contributed by atoms with E-state index < -0.39 is 12.1 Å². The van der Waals surface area contributed by atoms with Crippen molar-refractivity contribution in [3.05, 3.63) is 11.6 Å². The molecule has 3 rings (SSSR count). The van der Waals surface area contributed by atoms with Crippen molar-refractivity contribution in [2.45, 2.75) is 70.1 Å². The summed E-state index contributed by atoms with van der Waals surface area (Å²) in [5, 5.41) is 17.5. The zero-order valence-corrected chi connectivity index (χ0v) is 11.8. The second-order valence-electron chi connectivity index (χ2n) is 5.80. The molecule has 1 N–H and O–H groups in total. The third-order valence-electron chi connectivity index (χ3n) is 4.42. The van der Waals surface area contributed by atoms with Crippen molar-refractivity contribution in [3.63, 3.8) is 0 Å². The molecule has 2 fully saturated rings. The van der Waals surface area contributed by atoms with Crippen LogP contribution in [0.15, 0.2) is 0 Å². The normalized spacial score (nSPS) is 27.9. The number of carboxylic acids is 1. The highest BCUT2D eigenvalue weighted by Crippen LogP contribution is 2.36. The SMILES string of the molecule is Cc1nnc(C2CCC(C(=O)O)O2)n1C1CCCCC1. The van der Waals surface area contributed by atoms with E-state index in [1.165, 1.54) is 19.3 Å². The highest BCUT2D eigenvalue weighted by Gasteiger charge is 2.35. The monoisotopic (exact) mass is 279 g/mol. The topological polar surface area (TPSA) is 77.2 Å². The summed E-state index contributed by atoms with van der Waals surface area (Å²) >= 11 is 0. The summed E-state index contributed by atoms with van der Waals surface area (Å²) in [6.45, 7) is 1.97. The fraction of sp³-hybridized carbons (Fsp3) is 0.786. The molecule has 1 aliphatic carbocycles. The van der Waals surface area contributed by atoms with E-state index in [0.717, 1.165) is 24.5 Å². The molecule has 0 spiro atoms. The van der Waals surface area contributed by atoms with Crippen LogP contribution in [0.3, 0.4) is 0 Å². The Hall–Kier alpha value is -1.43. The smallest absolute Gasteiger partial charge is 0.332 e. The van der Waals surface area contributed by atoms with Crippen molar-refractivity contribution >= 4 is 5.97 Å². The molecule has 0 amide bonds. The zero-order valence-electron chi connectivity index (χ0n) is 11.8. The largest absolute Gasteiger partial charge is 0.479 e. The summed E-state index contributed by atoms with van der Waals surface area (Å²) in [6.07, 6.45) is 6.43. The van der Waals surface area contributed by atoms with Crippen molar-refractivity contribution < 1.29 is 14.6 Å². The Morgan fingerprint density at radius 2 is 1.95 bits per heavy atom. The van der Waals surface area contributed by atoms with Gasteiger partial charge in [0.25, 0.3) is 0 Å². The third kappa shape index (κ3) is 2.44.